The number of hydrogen-bond donors (Lipinski definition) is 2. The summed E-state index contributed by atoms with van der Waals surface area (Å²) in [6.45, 7) is 1.76. The van der Waals surface area contributed by atoms with Crippen LogP contribution < -0.4 is 15.8 Å². The maximum absolute atomic E-state index is 11.9. The van der Waals surface area contributed by atoms with Gasteiger partial charge in [-0.15, -0.1) is 0 Å². The molecular formula is C20H24N2O3. The van der Waals surface area contributed by atoms with Crippen molar-refractivity contribution in [3.8, 4) is 5.75 Å². The Labute approximate surface area is 148 Å². The van der Waals surface area contributed by atoms with Crippen molar-refractivity contribution in [3.05, 3.63) is 65.7 Å². The fourth-order valence-corrected chi connectivity index (χ4v) is 3.13. The van der Waals surface area contributed by atoms with E-state index in [9.17, 15) is 4.79 Å². The summed E-state index contributed by atoms with van der Waals surface area (Å²) < 4.78 is 11.3. The predicted octanol–water partition coefficient (Wildman–Crippen LogP) is 2.35. The monoisotopic (exact) mass is 340 g/mol. The van der Waals surface area contributed by atoms with Gasteiger partial charge in [0, 0.05) is 13.2 Å². The summed E-state index contributed by atoms with van der Waals surface area (Å²) in [5.74, 6) is 0.659. The van der Waals surface area contributed by atoms with Gasteiger partial charge in [0.2, 0.25) is 5.91 Å². The molecule has 0 saturated carbocycles. The molecule has 3 rings (SSSR count). The van der Waals surface area contributed by atoms with E-state index in [2.05, 4.69) is 5.32 Å². The Hall–Kier alpha value is -2.37. The molecule has 1 aliphatic heterocycles. The molecule has 1 heterocycles. The van der Waals surface area contributed by atoms with Crippen molar-refractivity contribution < 1.29 is 14.3 Å². The molecule has 5 heteroatoms. The molecule has 2 aromatic carbocycles. The minimum atomic E-state index is -0.410. The van der Waals surface area contributed by atoms with Crippen molar-refractivity contribution in [1.29, 1.82) is 0 Å². The largest absolute Gasteiger partial charge is 0.489 e. The van der Waals surface area contributed by atoms with Crippen LogP contribution in [0.2, 0.25) is 0 Å². The van der Waals surface area contributed by atoms with Crippen LogP contribution in [0.5, 0.6) is 5.75 Å². The lowest BCUT2D eigenvalue weighted by Gasteiger charge is -2.38. The molecule has 0 spiro atoms. The minimum absolute atomic E-state index is 0.0130. The van der Waals surface area contributed by atoms with Crippen molar-refractivity contribution >= 4 is 5.91 Å². The molecule has 132 valence electrons. The van der Waals surface area contributed by atoms with E-state index in [-0.39, 0.29) is 12.5 Å². The van der Waals surface area contributed by atoms with E-state index in [1.807, 2.05) is 54.6 Å². The zero-order valence-corrected chi connectivity index (χ0v) is 14.2. The molecule has 0 unspecified atom stereocenters. The van der Waals surface area contributed by atoms with Crippen LogP contribution in [0.1, 0.15) is 24.0 Å². The minimum Gasteiger partial charge on any atom is -0.489 e. The molecule has 0 radical (unpaired) electrons. The third kappa shape index (κ3) is 4.38. The molecular weight excluding hydrogens is 316 g/mol. The summed E-state index contributed by atoms with van der Waals surface area (Å²) in [6, 6.07) is 18.0. The summed E-state index contributed by atoms with van der Waals surface area (Å²) >= 11 is 0. The fourth-order valence-electron chi connectivity index (χ4n) is 3.13. The van der Waals surface area contributed by atoms with Gasteiger partial charge in [0.15, 0.2) is 0 Å². The van der Waals surface area contributed by atoms with Crippen molar-refractivity contribution in [2.24, 2.45) is 5.73 Å². The van der Waals surface area contributed by atoms with Crippen LogP contribution in [0.15, 0.2) is 54.6 Å². The molecule has 5 nitrogen and oxygen atoms in total. The van der Waals surface area contributed by atoms with Gasteiger partial charge in [-0.1, -0.05) is 42.5 Å². The van der Waals surface area contributed by atoms with Crippen LogP contribution in [0.3, 0.4) is 0 Å². The van der Waals surface area contributed by atoms with E-state index in [0.29, 0.717) is 19.8 Å². The lowest BCUT2D eigenvalue weighted by molar-refractivity contribution is -0.123. The molecule has 1 saturated heterocycles. The Bertz CT molecular complexity index is 680. The SMILES string of the molecule is NCC(=O)NC1(c2ccc(OCc3ccccc3)cc2)CCOCC1. The van der Waals surface area contributed by atoms with Gasteiger partial charge < -0.3 is 20.5 Å². The Morgan fingerprint density at radius 1 is 1.08 bits per heavy atom. The van der Waals surface area contributed by atoms with E-state index >= 15 is 0 Å². The summed E-state index contributed by atoms with van der Waals surface area (Å²) in [5, 5.41) is 3.09. The predicted molar refractivity (Wildman–Crippen MR) is 96.1 cm³/mol. The maximum atomic E-state index is 11.9. The lowest BCUT2D eigenvalue weighted by atomic mass is 9.82. The van der Waals surface area contributed by atoms with E-state index in [0.717, 1.165) is 29.7 Å². The number of amides is 1. The van der Waals surface area contributed by atoms with Gasteiger partial charge in [-0.2, -0.15) is 0 Å². The highest BCUT2D eigenvalue weighted by atomic mass is 16.5. The van der Waals surface area contributed by atoms with E-state index in [4.69, 9.17) is 15.2 Å². The van der Waals surface area contributed by atoms with E-state index in [1.54, 1.807) is 0 Å². The second kappa shape index (κ2) is 8.14. The Balaban J connectivity index is 1.71. The summed E-state index contributed by atoms with van der Waals surface area (Å²) in [6.07, 6.45) is 1.48. The van der Waals surface area contributed by atoms with Crippen molar-refractivity contribution in [1.82, 2.24) is 5.32 Å². The topological polar surface area (TPSA) is 73.6 Å². The first-order valence-corrected chi connectivity index (χ1v) is 8.58. The number of carbonyl (C=O) groups is 1. The van der Waals surface area contributed by atoms with Crippen LogP contribution in [-0.2, 0) is 21.7 Å². The molecule has 25 heavy (non-hydrogen) atoms. The van der Waals surface area contributed by atoms with Crippen molar-refractivity contribution in [2.75, 3.05) is 19.8 Å². The van der Waals surface area contributed by atoms with Gasteiger partial charge in [-0.3, -0.25) is 4.79 Å². The fraction of sp³-hybridized carbons (Fsp3) is 0.350. The highest BCUT2D eigenvalue weighted by molar-refractivity contribution is 5.78. The van der Waals surface area contributed by atoms with Gasteiger partial charge >= 0.3 is 0 Å². The molecule has 3 N–H and O–H groups in total. The molecule has 1 amide bonds. The third-order valence-corrected chi connectivity index (χ3v) is 4.57. The number of carbonyl (C=O) groups excluding carboxylic acids is 1. The second-order valence-electron chi connectivity index (χ2n) is 6.25. The van der Waals surface area contributed by atoms with Crippen LogP contribution in [-0.4, -0.2) is 25.7 Å². The van der Waals surface area contributed by atoms with Crippen molar-refractivity contribution in [2.45, 2.75) is 25.0 Å². The first-order valence-electron chi connectivity index (χ1n) is 8.58. The van der Waals surface area contributed by atoms with Gasteiger partial charge in [-0.25, -0.2) is 0 Å². The maximum Gasteiger partial charge on any atom is 0.234 e. The first kappa shape index (κ1) is 17.5. The second-order valence-corrected chi connectivity index (χ2v) is 6.25. The molecule has 1 fully saturated rings. The zero-order chi connectivity index (χ0) is 17.5. The first-order chi connectivity index (χ1) is 12.2. The number of nitrogens with two attached hydrogens (primary N) is 1. The molecule has 0 aliphatic carbocycles. The molecule has 1 aliphatic rings. The number of ether oxygens (including phenoxy) is 2. The van der Waals surface area contributed by atoms with Gasteiger partial charge in [-0.05, 0) is 36.1 Å². The highest BCUT2D eigenvalue weighted by Crippen LogP contribution is 2.33. The molecule has 2 aromatic rings. The van der Waals surface area contributed by atoms with E-state index < -0.39 is 5.54 Å². The molecule has 0 atom stereocenters. The molecule has 0 bridgehead atoms. The lowest BCUT2D eigenvalue weighted by Crippen LogP contribution is -2.51. The highest BCUT2D eigenvalue weighted by Gasteiger charge is 2.35. The number of rotatable bonds is 6. The Kier molecular flexibility index (Phi) is 5.68. The Morgan fingerprint density at radius 2 is 1.76 bits per heavy atom. The Morgan fingerprint density at radius 3 is 2.40 bits per heavy atom. The van der Waals surface area contributed by atoms with Crippen LogP contribution >= 0.6 is 0 Å². The number of benzene rings is 2. The van der Waals surface area contributed by atoms with Gasteiger partial charge in [0.1, 0.15) is 12.4 Å². The van der Waals surface area contributed by atoms with E-state index in [1.165, 1.54) is 0 Å². The van der Waals surface area contributed by atoms with Crippen LogP contribution in [0.4, 0.5) is 0 Å². The van der Waals surface area contributed by atoms with Crippen molar-refractivity contribution in [3.63, 3.8) is 0 Å². The smallest absolute Gasteiger partial charge is 0.234 e. The number of hydrogen-bond acceptors (Lipinski definition) is 4. The quantitative estimate of drug-likeness (QED) is 0.846. The average Bonchev–Trinajstić information content (AvgIpc) is 2.68. The number of nitrogens with one attached hydrogen (secondary N) is 1. The standard InChI is InChI=1S/C20H24N2O3/c21-14-19(23)22-20(10-12-24-13-11-20)17-6-8-18(9-7-17)25-15-16-4-2-1-3-5-16/h1-9H,10-15,21H2,(H,22,23). The molecule has 0 aromatic heterocycles. The average molecular weight is 340 g/mol. The zero-order valence-electron chi connectivity index (χ0n) is 14.2. The third-order valence-electron chi connectivity index (χ3n) is 4.57. The van der Waals surface area contributed by atoms with Crippen LogP contribution in [0.25, 0.3) is 0 Å². The van der Waals surface area contributed by atoms with Gasteiger partial charge in [0.05, 0.1) is 12.1 Å². The normalized spacial score (nSPS) is 16.2. The summed E-state index contributed by atoms with van der Waals surface area (Å²) in [4.78, 5) is 11.9. The summed E-state index contributed by atoms with van der Waals surface area (Å²) in [7, 11) is 0. The van der Waals surface area contributed by atoms with Crippen LogP contribution in [0, 0.1) is 0 Å². The summed E-state index contributed by atoms with van der Waals surface area (Å²) in [5.41, 5.74) is 7.26. The van der Waals surface area contributed by atoms with Gasteiger partial charge in [0.25, 0.3) is 0 Å².